The summed E-state index contributed by atoms with van der Waals surface area (Å²) in [7, 11) is 0. The predicted octanol–water partition coefficient (Wildman–Crippen LogP) is 9.40. The molecule has 1 aliphatic carbocycles. The lowest BCUT2D eigenvalue weighted by Gasteiger charge is -2.48. The number of halogens is 1. The third kappa shape index (κ3) is 6.16. The Hall–Kier alpha value is -1.27. The van der Waals surface area contributed by atoms with E-state index in [1.165, 1.54) is 62.5 Å². The van der Waals surface area contributed by atoms with Gasteiger partial charge in [0.05, 0.1) is 0 Å². The summed E-state index contributed by atoms with van der Waals surface area (Å²) in [4.78, 5) is 0. The molecule has 170 valence electrons. The van der Waals surface area contributed by atoms with Gasteiger partial charge in [0.2, 0.25) is 0 Å². The molecule has 1 aliphatic rings. The van der Waals surface area contributed by atoms with Crippen LogP contribution in [0.3, 0.4) is 0 Å². The minimum atomic E-state index is 0.0512. The second kappa shape index (κ2) is 12.1. The fraction of sp³-hybridized carbons (Fsp3) is 0.600. The first-order valence-corrected chi connectivity index (χ1v) is 13.3. The molecular weight excluding hydrogens is 396 g/mol. The van der Waals surface area contributed by atoms with E-state index < -0.39 is 0 Å². The van der Waals surface area contributed by atoms with Gasteiger partial charge in [-0.3, -0.25) is 0 Å². The molecule has 0 saturated heterocycles. The molecule has 0 spiro atoms. The van der Waals surface area contributed by atoms with Crippen molar-refractivity contribution in [2.75, 3.05) is 0 Å². The molecule has 0 aromatic heterocycles. The van der Waals surface area contributed by atoms with Crippen LogP contribution < -0.4 is 0 Å². The summed E-state index contributed by atoms with van der Waals surface area (Å²) in [5.41, 5.74) is 2.99. The zero-order valence-corrected chi connectivity index (χ0v) is 20.8. The van der Waals surface area contributed by atoms with E-state index in [1.807, 2.05) is 0 Å². The average molecular weight is 439 g/mol. The smallest absolute Gasteiger partial charge is 0.0333 e. The van der Waals surface area contributed by atoms with Crippen molar-refractivity contribution in [3.8, 4) is 0 Å². The standard InChI is InChI=1S/C30H43Cl/c1-4-6-9-14-24-19-22-29(25(23-24)20-21-28(31)5-2)30(3,26-15-10-7-11-16-26)27-17-12-8-13-18-27/h7-8,10-13,15-18,24-25,28-29H,4-6,9,14,19-23H2,1-3H3/t24?,25-,28?,29-/m1/s1. The van der Waals surface area contributed by atoms with Crippen molar-refractivity contribution in [2.24, 2.45) is 17.8 Å². The van der Waals surface area contributed by atoms with E-state index in [1.54, 1.807) is 0 Å². The normalized spacial score (nSPS) is 22.9. The Morgan fingerprint density at radius 3 is 2.03 bits per heavy atom. The van der Waals surface area contributed by atoms with Crippen molar-refractivity contribution in [2.45, 2.75) is 95.8 Å². The van der Waals surface area contributed by atoms with E-state index in [2.05, 4.69) is 81.4 Å². The Balaban J connectivity index is 1.91. The van der Waals surface area contributed by atoms with Crippen LogP contribution in [-0.4, -0.2) is 5.38 Å². The molecule has 31 heavy (non-hydrogen) atoms. The molecule has 1 heteroatoms. The first-order chi connectivity index (χ1) is 15.1. The molecular formula is C30H43Cl. The maximum absolute atomic E-state index is 6.62. The van der Waals surface area contributed by atoms with Gasteiger partial charge in [-0.15, -0.1) is 11.6 Å². The highest BCUT2D eigenvalue weighted by Gasteiger charge is 2.44. The molecule has 0 aliphatic heterocycles. The molecule has 1 saturated carbocycles. The molecule has 2 unspecified atom stereocenters. The molecule has 2 aromatic carbocycles. The van der Waals surface area contributed by atoms with Crippen LogP contribution in [-0.2, 0) is 5.41 Å². The average Bonchev–Trinajstić information content (AvgIpc) is 2.83. The monoisotopic (exact) mass is 438 g/mol. The van der Waals surface area contributed by atoms with Crippen molar-refractivity contribution in [1.29, 1.82) is 0 Å². The number of hydrogen-bond donors (Lipinski definition) is 0. The van der Waals surface area contributed by atoms with E-state index in [0.29, 0.717) is 11.3 Å². The first-order valence-electron chi connectivity index (χ1n) is 12.8. The fourth-order valence-electron chi connectivity index (χ4n) is 6.15. The van der Waals surface area contributed by atoms with Gasteiger partial charge in [0, 0.05) is 10.8 Å². The Bertz CT molecular complexity index is 698. The number of alkyl halides is 1. The second-order valence-corrected chi connectivity index (χ2v) is 10.7. The van der Waals surface area contributed by atoms with E-state index in [0.717, 1.165) is 24.7 Å². The van der Waals surface area contributed by atoms with Crippen LogP contribution in [0.1, 0.15) is 96.1 Å². The van der Waals surface area contributed by atoms with Gasteiger partial charge in [-0.2, -0.15) is 0 Å². The molecule has 0 radical (unpaired) electrons. The molecule has 0 heterocycles. The van der Waals surface area contributed by atoms with Gasteiger partial charge in [0.15, 0.2) is 0 Å². The van der Waals surface area contributed by atoms with Gasteiger partial charge < -0.3 is 0 Å². The van der Waals surface area contributed by atoms with E-state index in [-0.39, 0.29) is 5.41 Å². The van der Waals surface area contributed by atoms with Crippen LogP contribution in [0.15, 0.2) is 60.7 Å². The topological polar surface area (TPSA) is 0 Å². The van der Waals surface area contributed by atoms with Gasteiger partial charge in [0.1, 0.15) is 0 Å². The minimum absolute atomic E-state index is 0.0512. The summed E-state index contributed by atoms with van der Waals surface area (Å²) in [6.45, 7) is 7.06. The van der Waals surface area contributed by atoms with Gasteiger partial charge in [-0.05, 0) is 61.0 Å². The summed E-state index contributed by atoms with van der Waals surface area (Å²) in [5.74, 6) is 2.32. The van der Waals surface area contributed by atoms with Crippen LogP contribution in [0.2, 0.25) is 0 Å². The van der Waals surface area contributed by atoms with Gasteiger partial charge in [-0.1, -0.05) is 114 Å². The number of unbranched alkanes of at least 4 members (excludes halogenated alkanes) is 2. The number of benzene rings is 2. The Labute approximate surface area is 196 Å². The van der Waals surface area contributed by atoms with E-state index in [4.69, 9.17) is 11.6 Å². The lowest BCUT2D eigenvalue weighted by molar-refractivity contribution is 0.110. The Morgan fingerprint density at radius 2 is 1.48 bits per heavy atom. The third-order valence-electron chi connectivity index (χ3n) is 8.09. The van der Waals surface area contributed by atoms with E-state index in [9.17, 15) is 0 Å². The maximum Gasteiger partial charge on any atom is 0.0333 e. The molecule has 0 bridgehead atoms. The molecule has 1 fully saturated rings. The summed E-state index contributed by atoms with van der Waals surface area (Å²) in [5, 5.41) is 0.320. The van der Waals surface area contributed by atoms with Crippen molar-refractivity contribution in [1.82, 2.24) is 0 Å². The maximum atomic E-state index is 6.62. The van der Waals surface area contributed by atoms with Crippen LogP contribution >= 0.6 is 11.6 Å². The third-order valence-corrected chi connectivity index (χ3v) is 8.62. The predicted molar refractivity (Wildman–Crippen MR) is 137 cm³/mol. The lowest BCUT2D eigenvalue weighted by atomic mass is 9.56. The van der Waals surface area contributed by atoms with Crippen LogP contribution in [0.4, 0.5) is 0 Å². The number of hydrogen-bond acceptors (Lipinski definition) is 0. The molecule has 0 N–H and O–H groups in total. The van der Waals surface area contributed by atoms with Crippen molar-refractivity contribution in [3.05, 3.63) is 71.8 Å². The zero-order chi connectivity index (χ0) is 22.1. The van der Waals surface area contributed by atoms with Crippen LogP contribution in [0, 0.1) is 17.8 Å². The van der Waals surface area contributed by atoms with Crippen molar-refractivity contribution in [3.63, 3.8) is 0 Å². The summed E-state index contributed by atoms with van der Waals surface area (Å²) < 4.78 is 0. The summed E-state index contributed by atoms with van der Waals surface area (Å²) >= 11 is 6.62. The minimum Gasteiger partial charge on any atom is -0.123 e. The highest BCUT2D eigenvalue weighted by atomic mass is 35.5. The Kier molecular flexibility index (Phi) is 9.51. The van der Waals surface area contributed by atoms with Gasteiger partial charge in [0.25, 0.3) is 0 Å². The highest BCUT2D eigenvalue weighted by molar-refractivity contribution is 6.20. The highest BCUT2D eigenvalue weighted by Crippen LogP contribution is 2.51. The van der Waals surface area contributed by atoms with E-state index >= 15 is 0 Å². The zero-order valence-electron chi connectivity index (χ0n) is 20.0. The van der Waals surface area contributed by atoms with Gasteiger partial charge >= 0.3 is 0 Å². The van der Waals surface area contributed by atoms with Crippen LogP contribution in [0.5, 0.6) is 0 Å². The SMILES string of the molecule is CCCCCC1CC[C@@H](C(C)(c2ccccc2)c2ccccc2)[C@H](CCC(Cl)CC)C1. The molecule has 0 nitrogen and oxygen atoms in total. The number of rotatable bonds is 11. The molecule has 0 amide bonds. The largest absolute Gasteiger partial charge is 0.123 e. The van der Waals surface area contributed by atoms with Crippen molar-refractivity contribution < 1.29 is 0 Å². The molecule has 2 aromatic rings. The van der Waals surface area contributed by atoms with Crippen LogP contribution in [0.25, 0.3) is 0 Å². The lowest BCUT2D eigenvalue weighted by Crippen LogP contribution is -2.41. The van der Waals surface area contributed by atoms with Crippen molar-refractivity contribution >= 4 is 11.6 Å². The summed E-state index contributed by atoms with van der Waals surface area (Å²) in [6.07, 6.45) is 13.1. The molecule has 4 atom stereocenters. The first kappa shape index (κ1) is 24.4. The summed E-state index contributed by atoms with van der Waals surface area (Å²) in [6, 6.07) is 22.6. The molecule has 3 rings (SSSR count). The Morgan fingerprint density at radius 1 is 0.871 bits per heavy atom. The quantitative estimate of drug-likeness (QED) is 0.242. The fourth-order valence-corrected chi connectivity index (χ4v) is 6.27. The van der Waals surface area contributed by atoms with Gasteiger partial charge in [-0.25, -0.2) is 0 Å². The second-order valence-electron chi connectivity index (χ2n) is 10.1.